The third kappa shape index (κ3) is 52.9. The fourth-order valence-corrected chi connectivity index (χ4v) is 10.7. The SMILES string of the molecule is CCCCCCCCCCCC(=O)[O-].CCCCCCCCCCCC(=O)[O-].C[C](C)(C)[Sn+2][C](C)(C)C. The van der Waals surface area contributed by atoms with Crippen LogP contribution in [0.3, 0.4) is 0 Å². The molecule has 0 bridgehead atoms. The molecule has 0 aliphatic heterocycles. The van der Waals surface area contributed by atoms with Crippen molar-refractivity contribution in [2.75, 3.05) is 0 Å². The molecule has 0 spiro atoms. The van der Waals surface area contributed by atoms with Crippen molar-refractivity contribution in [3.63, 3.8) is 0 Å². The van der Waals surface area contributed by atoms with E-state index in [1.807, 2.05) is 0 Å². The Labute approximate surface area is 242 Å². The zero-order valence-electron chi connectivity index (χ0n) is 26.3. The number of aliphatic carboxylic acids is 2. The van der Waals surface area contributed by atoms with Crippen LogP contribution >= 0.6 is 0 Å². The van der Waals surface area contributed by atoms with Gasteiger partial charge in [0.05, 0.1) is 0 Å². The summed E-state index contributed by atoms with van der Waals surface area (Å²) >= 11 is -0.182. The van der Waals surface area contributed by atoms with Crippen LogP contribution in [-0.4, -0.2) is 33.1 Å². The molecule has 0 aromatic heterocycles. The number of hydrogen-bond acceptors (Lipinski definition) is 4. The Bertz CT molecular complexity index is 448. The van der Waals surface area contributed by atoms with Crippen LogP contribution in [0, 0.1) is 0 Å². The second-order valence-corrected chi connectivity index (χ2v) is 21.8. The number of carboxylic acid groups (broad SMARTS) is 2. The fourth-order valence-electron chi connectivity index (χ4n) is 4.28. The van der Waals surface area contributed by atoms with Crippen LogP contribution in [0.2, 0.25) is 6.86 Å². The molecular weight excluding hydrogens is 567 g/mol. The van der Waals surface area contributed by atoms with Crippen molar-refractivity contribution in [1.82, 2.24) is 0 Å². The molecule has 0 aliphatic carbocycles. The molecule has 0 aromatic rings. The Kier molecular flexibility index (Phi) is 32.0. The molecule has 0 aliphatic rings. The van der Waals surface area contributed by atoms with Crippen LogP contribution < -0.4 is 10.2 Å². The van der Waals surface area contributed by atoms with Crippen LogP contribution in [0.4, 0.5) is 0 Å². The molecule has 0 aromatic carbocycles. The van der Waals surface area contributed by atoms with Gasteiger partial charge in [-0.15, -0.1) is 0 Å². The zero-order valence-corrected chi connectivity index (χ0v) is 29.1. The van der Waals surface area contributed by atoms with Crippen LogP contribution in [0.5, 0.6) is 0 Å². The van der Waals surface area contributed by atoms with E-state index in [0.717, 1.165) is 25.7 Å². The van der Waals surface area contributed by atoms with Crippen molar-refractivity contribution in [2.45, 2.75) is 191 Å². The van der Waals surface area contributed by atoms with E-state index >= 15 is 0 Å². The summed E-state index contributed by atoms with van der Waals surface area (Å²) in [4.78, 5) is 20.2. The summed E-state index contributed by atoms with van der Waals surface area (Å²) < 4.78 is 1.31. The monoisotopic (exact) mass is 632 g/mol. The number of unbranched alkanes of at least 4 members (excludes halogenated alkanes) is 16. The van der Waals surface area contributed by atoms with Crippen molar-refractivity contribution < 1.29 is 19.8 Å². The fraction of sp³-hybridized carbons (Fsp3) is 0.938. The Morgan fingerprint density at radius 3 is 0.838 bits per heavy atom. The summed E-state index contributed by atoms with van der Waals surface area (Å²) in [5, 5.41) is 20.2. The quantitative estimate of drug-likeness (QED) is 0.0998. The minimum atomic E-state index is -0.909. The van der Waals surface area contributed by atoms with Crippen molar-refractivity contribution in [3.8, 4) is 0 Å². The molecule has 0 N–H and O–H groups in total. The van der Waals surface area contributed by atoms with Crippen LogP contribution in [0.15, 0.2) is 0 Å². The number of hydrogen-bond donors (Lipinski definition) is 0. The molecule has 0 atom stereocenters. The van der Waals surface area contributed by atoms with E-state index in [-0.39, 0.29) is 34.0 Å². The summed E-state index contributed by atoms with van der Waals surface area (Å²) in [6.07, 6.45) is 22.3. The van der Waals surface area contributed by atoms with E-state index in [2.05, 4.69) is 55.4 Å². The van der Waals surface area contributed by atoms with Crippen molar-refractivity contribution in [1.29, 1.82) is 0 Å². The first-order chi connectivity index (χ1) is 17.2. The average molecular weight is 632 g/mol. The van der Waals surface area contributed by atoms with Gasteiger partial charge in [-0.2, -0.15) is 0 Å². The summed E-state index contributed by atoms with van der Waals surface area (Å²) in [7, 11) is 0. The normalized spacial score (nSPS) is 11.0. The first kappa shape index (κ1) is 41.2. The molecule has 0 saturated carbocycles. The van der Waals surface area contributed by atoms with Gasteiger partial charge < -0.3 is 19.8 Å². The van der Waals surface area contributed by atoms with E-state index in [1.165, 1.54) is 89.9 Å². The van der Waals surface area contributed by atoms with Crippen molar-refractivity contribution >= 4 is 33.1 Å². The summed E-state index contributed by atoms with van der Waals surface area (Å²) in [5.41, 5.74) is 0. The Hall–Kier alpha value is -0.261. The van der Waals surface area contributed by atoms with Crippen molar-refractivity contribution in [3.05, 3.63) is 0 Å². The van der Waals surface area contributed by atoms with Gasteiger partial charge in [-0.25, -0.2) is 0 Å². The van der Waals surface area contributed by atoms with Crippen molar-refractivity contribution in [2.24, 2.45) is 0 Å². The maximum atomic E-state index is 10.1. The number of carboxylic acids is 2. The topological polar surface area (TPSA) is 80.3 Å². The first-order valence-corrected chi connectivity index (χ1v) is 18.3. The van der Waals surface area contributed by atoms with E-state index in [0.29, 0.717) is 6.86 Å². The second kappa shape index (κ2) is 28.7. The average Bonchev–Trinajstić information content (AvgIpc) is 2.75. The van der Waals surface area contributed by atoms with Gasteiger partial charge in [0.2, 0.25) is 0 Å². The third-order valence-electron chi connectivity index (χ3n) is 5.72. The molecule has 220 valence electrons. The van der Waals surface area contributed by atoms with Gasteiger partial charge >= 0.3 is 69.5 Å². The van der Waals surface area contributed by atoms with Crippen LogP contribution in [0.1, 0.15) is 184 Å². The molecule has 0 amide bonds. The summed E-state index contributed by atoms with van der Waals surface area (Å²) in [6.45, 7) is 18.6. The number of carbonyl (C=O) groups excluding carboxylic acids is 2. The molecule has 37 heavy (non-hydrogen) atoms. The molecule has 0 rings (SSSR count). The Morgan fingerprint density at radius 2 is 0.676 bits per heavy atom. The zero-order chi connectivity index (χ0) is 29.0. The predicted octanol–water partition coefficient (Wildman–Crippen LogP) is 8.44. The molecule has 0 saturated heterocycles. The van der Waals surface area contributed by atoms with Gasteiger partial charge in [0, 0.05) is 11.9 Å². The van der Waals surface area contributed by atoms with Gasteiger partial charge in [0.25, 0.3) is 0 Å². The molecule has 0 unspecified atom stereocenters. The van der Waals surface area contributed by atoms with Gasteiger partial charge in [-0.05, 0) is 25.7 Å². The molecule has 4 nitrogen and oxygen atoms in total. The van der Waals surface area contributed by atoms with Gasteiger partial charge in [-0.3, -0.25) is 0 Å². The van der Waals surface area contributed by atoms with E-state index in [1.54, 1.807) is 0 Å². The van der Waals surface area contributed by atoms with Crippen LogP contribution in [0.25, 0.3) is 0 Å². The molecule has 0 heterocycles. The number of carbonyl (C=O) groups is 2. The van der Waals surface area contributed by atoms with Gasteiger partial charge in [0.1, 0.15) is 0 Å². The standard InChI is InChI=1S/2C12H24O2.2C4H9.Sn/c2*1-2-3-4-5-6-7-8-9-10-11-12(13)14;2*1-4(2)3;/h2*2-11H2,1H3,(H,13,14);2*1-3H3;/q;;;;+2/p-2. The van der Waals surface area contributed by atoms with E-state index in [9.17, 15) is 19.8 Å². The van der Waals surface area contributed by atoms with Gasteiger partial charge in [-0.1, -0.05) is 117 Å². The molecular formula is C32H64O4Sn. The van der Waals surface area contributed by atoms with Crippen LogP contribution in [-0.2, 0) is 9.59 Å². The maximum absolute atomic E-state index is 10.1. The second-order valence-electron chi connectivity index (χ2n) is 12.5. The Balaban J connectivity index is -0.000000481. The molecule has 0 fully saturated rings. The van der Waals surface area contributed by atoms with E-state index in [4.69, 9.17) is 0 Å². The molecule has 0 radical (unpaired) electrons. The Morgan fingerprint density at radius 1 is 0.459 bits per heavy atom. The summed E-state index contributed by atoms with van der Waals surface area (Å²) in [6, 6.07) is 0. The predicted molar refractivity (Wildman–Crippen MR) is 159 cm³/mol. The molecule has 5 heteroatoms. The van der Waals surface area contributed by atoms with E-state index < -0.39 is 11.9 Å². The minimum absolute atomic E-state index is 0.182. The first-order valence-electron chi connectivity index (χ1n) is 15.4. The van der Waals surface area contributed by atoms with Gasteiger partial charge in [0.15, 0.2) is 0 Å². The summed E-state index contributed by atoms with van der Waals surface area (Å²) in [5.74, 6) is -1.82. The third-order valence-corrected chi connectivity index (χ3v) is 10.0. The number of rotatable bonds is 20.